The summed E-state index contributed by atoms with van der Waals surface area (Å²) in [5.74, 6) is 1.66. The second-order valence-electron chi connectivity index (χ2n) is 4.29. The molecule has 0 bridgehead atoms. The van der Waals surface area contributed by atoms with E-state index in [-0.39, 0.29) is 0 Å². The molecule has 0 spiro atoms. The van der Waals surface area contributed by atoms with Crippen LogP contribution in [0.15, 0.2) is 42.6 Å². The molecule has 4 heteroatoms. The summed E-state index contributed by atoms with van der Waals surface area (Å²) in [4.78, 5) is 6.58. The van der Waals surface area contributed by atoms with Gasteiger partial charge >= 0.3 is 0 Å². The Balaban J connectivity index is 2.22. The molecule has 0 aliphatic heterocycles. The van der Waals surface area contributed by atoms with E-state index in [1.165, 1.54) is 5.56 Å². The average Bonchev–Trinajstić information content (AvgIpc) is 2.46. The van der Waals surface area contributed by atoms with Gasteiger partial charge in [0.05, 0.1) is 7.11 Å². The number of hydrogen-bond donors (Lipinski definition) is 1. The van der Waals surface area contributed by atoms with Crippen molar-refractivity contribution in [1.82, 2.24) is 4.98 Å². The van der Waals surface area contributed by atoms with Gasteiger partial charge in [-0.25, -0.2) is 4.98 Å². The zero-order valence-corrected chi connectivity index (χ0v) is 11.3. The van der Waals surface area contributed by atoms with Crippen molar-refractivity contribution in [1.29, 1.82) is 0 Å². The molecule has 0 aliphatic rings. The number of aromatic nitrogens is 1. The van der Waals surface area contributed by atoms with Crippen molar-refractivity contribution in [2.75, 3.05) is 24.3 Å². The zero-order valence-electron chi connectivity index (χ0n) is 11.3. The molecular weight excluding hydrogens is 238 g/mol. The normalized spacial score (nSPS) is 10.2. The molecule has 19 heavy (non-hydrogen) atoms. The molecular formula is C15H19N3O. The molecule has 2 N–H and O–H groups in total. The average molecular weight is 257 g/mol. The van der Waals surface area contributed by atoms with Crippen LogP contribution in [0, 0.1) is 0 Å². The van der Waals surface area contributed by atoms with Crippen LogP contribution < -0.4 is 15.4 Å². The van der Waals surface area contributed by atoms with E-state index in [0.717, 1.165) is 30.3 Å². The Bertz CT molecular complexity index is 525. The summed E-state index contributed by atoms with van der Waals surface area (Å²) in [5.41, 5.74) is 7.68. The monoisotopic (exact) mass is 257 g/mol. The molecule has 1 heterocycles. The first-order chi connectivity index (χ1) is 9.24. The lowest BCUT2D eigenvalue weighted by atomic mass is 10.2. The molecule has 4 nitrogen and oxygen atoms in total. The van der Waals surface area contributed by atoms with Gasteiger partial charge in [0.1, 0.15) is 0 Å². The Kier molecular flexibility index (Phi) is 4.23. The van der Waals surface area contributed by atoms with Gasteiger partial charge in [0.15, 0.2) is 11.6 Å². The maximum atomic E-state index is 5.70. The van der Waals surface area contributed by atoms with E-state index in [1.807, 2.05) is 36.4 Å². The third-order valence-corrected chi connectivity index (χ3v) is 3.01. The van der Waals surface area contributed by atoms with Crippen LogP contribution in [-0.4, -0.2) is 18.6 Å². The summed E-state index contributed by atoms with van der Waals surface area (Å²) in [5, 5.41) is 0. The van der Waals surface area contributed by atoms with Gasteiger partial charge in [-0.1, -0.05) is 12.1 Å². The largest absolute Gasteiger partial charge is 0.493 e. The Hall–Kier alpha value is -2.23. The van der Waals surface area contributed by atoms with E-state index in [0.29, 0.717) is 0 Å². The quantitative estimate of drug-likeness (QED) is 0.837. The lowest BCUT2D eigenvalue weighted by molar-refractivity contribution is 0.412. The number of rotatable bonds is 5. The number of hydrogen-bond acceptors (Lipinski definition) is 4. The standard InChI is InChI=1S/C15H19N3O/c1-3-18(11-12-6-8-13(16)9-7-12)15-14(19-2)5-4-10-17-15/h4-10H,3,11,16H2,1-2H3. The molecule has 0 atom stereocenters. The van der Waals surface area contributed by atoms with Crippen LogP contribution in [0.1, 0.15) is 12.5 Å². The highest BCUT2D eigenvalue weighted by Crippen LogP contribution is 2.26. The van der Waals surface area contributed by atoms with Crippen molar-refractivity contribution in [3.8, 4) is 5.75 Å². The molecule has 0 unspecified atom stereocenters. The van der Waals surface area contributed by atoms with Crippen LogP contribution in [0.5, 0.6) is 5.75 Å². The number of ether oxygens (including phenoxy) is 1. The van der Waals surface area contributed by atoms with E-state index >= 15 is 0 Å². The molecule has 0 saturated carbocycles. The highest BCUT2D eigenvalue weighted by Gasteiger charge is 2.11. The third kappa shape index (κ3) is 3.16. The Morgan fingerprint density at radius 1 is 1.21 bits per heavy atom. The highest BCUT2D eigenvalue weighted by molar-refractivity contribution is 5.52. The van der Waals surface area contributed by atoms with Crippen molar-refractivity contribution in [2.24, 2.45) is 0 Å². The molecule has 0 aliphatic carbocycles. The maximum absolute atomic E-state index is 5.70. The number of anilines is 2. The van der Waals surface area contributed by atoms with E-state index in [2.05, 4.69) is 16.8 Å². The van der Waals surface area contributed by atoms with Gasteiger partial charge in [-0.2, -0.15) is 0 Å². The summed E-state index contributed by atoms with van der Waals surface area (Å²) in [6, 6.07) is 11.7. The molecule has 1 aromatic heterocycles. The summed E-state index contributed by atoms with van der Waals surface area (Å²) in [6.45, 7) is 3.74. The molecule has 2 rings (SSSR count). The number of nitrogens with zero attached hydrogens (tertiary/aromatic N) is 2. The summed E-state index contributed by atoms with van der Waals surface area (Å²) in [7, 11) is 1.66. The Morgan fingerprint density at radius 3 is 2.58 bits per heavy atom. The molecule has 0 saturated heterocycles. The van der Waals surface area contributed by atoms with Crippen LogP contribution in [0.25, 0.3) is 0 Å². The number of pyridine rings is 1. The van der Waals surface area contributed by atoms with Gasteiger partial charge in [0.2, 0.25) is 0 Å². The summed E-state index contributed by atoms with van der Waals surface area (Å²) >= 11 is 0. The van der Waals surface area contributed by atoms with Crippen molar-refractivity contribution in [3.63, 3.8) is 0 Å². The van der Waals surface area contributed by atoms with Gasteiger partial charge in [-0.3, -0.25) is 0 Å². The maximum Gasteiger partial charge on any atom is 0.171 e. The number of nitrogens with two attached hydrogens (primary N) is 1. The minimum atomic E-state index is 0.780. The van der Waals surface area contributed by atoms with Crippen LogP contribution >= 0.6 is 0 Å². The fourth-order valence-electron chi connectivity index (χ4n) is 1.96. The molecule has 0 radical (unpaired) electrons. The Morgan fingerprint density at radius 2 is 1.95 bits per heavy atom. The summed E-state index contributed by atoms with van der Waals surface area (Å²) in [6.07, 6.45) is 1.78. The van der Waals surface area contributed by atoms with Gasteiger partial charge in [0, 0.05) is 25.0 Å². The van der Waals surface area contributed by atoms with Crippen molar-refractivity contribution in [2.45, 2.75) is 13.5 Å². The first-order valence-electron chi connectivity index (χ1n) is 6.33. The van der Waals surface area contributed by atoms with Crippen molar-refractivity contribution < 1.29 is 4.74 Å². The Labute approximate surface area is 113 Å². The minimum Gasteiger partial charge on any atom is -0.493 e. The van der Waals surface area contributed by atoms with Gasteiger partial charge in [-0.05, 0) is 36.8 Å². The molecule has 0 fully saturated rings. The second kappa shape index (κ2) is 6.09. The van der Waals surface area contributed by atoms with Gasteiger partial charge < -0.3 is 15.4 Å². The minimum absolute atomic E-state index is 0.780. The van der Waals surface area contributed by atoms with E-state index in [1.54, 1.807) is 13.3 Å². The van der Waals surface area contributed by atoms with E-state index < -0.39 is 0 Å². The number of methoxy groups -OCH3 is 1. The van der Waals surface area contributed by atoms with E-state index in [4.69, 9.17) is 10.5 Å². The molecule has 1 aromatic carbocycles. The second-order valence-corrected chi connectivity index (χ2v) is 4.29. The van der Waals surface area contributed by atoms with Gasteiger partial charge in [0.25, 0.3) is 0 Å². The first-order valence-corrected chi connectivity index (χ1v) is 6.33. The fraction of sp³-hybridized carbons (Fsp3) is 0.267. The molecule has 100 valence electrons. The molecule has 2 aromatic rings. The predicted molar refractivity (Wildman–Crippen MR) is 78.4 cm³/mol. The fourth-order valence-corrected chi connectivity index (χ4v) is 1.96. The molecule has 0 amide bonds. The SMILES string of the molecule is CCN(Cc1ccc(N)cc1)c1ncccc1OC. The van der Waals surface area contributed by atoms with Crippen LogP contribution in [-0.2, 0) is 6.54 Å². The van der Waals surface area contributed by atoms with Crippen molar-refractivity contribution >= 4 is 11.5 Å². The zero-order chi connectivity index (χ0) is 13.7. The third-order valence-electron chi connectivity index (χ3n) is 3.01. The smallest absolute Gasteiger partial charge is 0.171 e. The van der Waals surface area contributed by atoms with Crippen molar-refractivity contribution in [3.05, 3.63) is 48.2 Å². The van der Waals surface area contributed by atoms with Crippen LogP contribution in [0.4, 0.5) is 11.5 Å². The van der Waals surface area contributed by atoms with E-state index in [9.17, 15) is 0 Å². The number of nitrogen functional groups attached to an aromatic ring is 1. The van der Waals surface area contributed by atoms with Gasteiger partial charge in [-0.15, -0.1) is 0 Å². The summed E-state index contributed by atoms with van der Waals surface area (Å²) < 4.78 is 5.36. The highest BCUT2D eigenvalue weighted by atomic mass is 16.5. The lowest BCUT2D eigenvalue weighted by Gasteiger charge is -2.23. The first kappa shape index (κ1) is 13.2. The predicted octanol–water partition coefficient (Wildman–Crippen LogP) is 2.70. The van der Waals surface area contributed by atoms with Crippen LogP contribution in [0.3, 0.4) is 0 Å². The topological polar surface area (TPSA) is 51.4 Å². The van der Waals surface area contributed by atoms with Crippen LogP contribution in [0.2, 0.25) is 0 Å². The lowest BCUT2D eigenvalue weighted by Crippen LogP contribution is -2.23. The number of benzene rings is 1.